The fourth-order valence-electron chi connectivity index (χ4n) is 3.67. The number of hydrogen-bond acceptors (Lipinski definition) is 3. The zero-order valence-corrected chi connectivity index (χ0v) is 11.1. The summed E-state index contributed by atoms with van der Waals surface area (Å²) in [5.74, 6) is -0.217. The van der Waals surface area contributed by atoms with Crippen molar-refractivity contribution in [3.8, 4) is 0 Å². The molecule has 17 heavy (non-hydrogen) atoms. The molecule has 1 aliphatic carbocycles. The van der Waals surface area contributed by atoms with Gasteiger partial charge in [0.15, 0.2) is 0 Å². The third-order valence-corrected chi connectivity index (χ3v) is 4.52. The van der Waals surface area contributed by atoms with Crippen LogP contribution in [0.4, 0.5) is 0 Å². The third kappa shape index (κ3) is 2.33. The second-order valence-electron chi connectivity index (χ2n) is 6.80. The Morgan fingerprint density at radius 1 is 1.41 bits per heavy atom. The van der Waals surface area contributed by atoms with E-state index in [1.54, 1.807) is 0 Å². The predicted octanol–water partition coefficient (Wildman–Crippen LogP) is 1.30. The van der Waals surface area contributed by atoms with E-state index in [2.05, 4.69) is 25.7 Å². The molecule has 1 aliphatic heterocycles. The van der Waals surface area contributed by atoms with E-state index in [0.29, 0.717) is 30.3 Å². The van der Waals surface area contributed by atoms with Crippen LogP contribution in [0.25, 0.3) is 0 Å². The lowest BCUT2D eigenvalue weighted by Crippen LogP contribution is -2.51. The number of hydrogen-bond donors (Lipinski definition) is 2. The molecule has 3 unspecified atom stereocenters. The van der Waals surface area contributed by atoms with E-state index in [1.165, 1.54) is 6.42 Å². The van der Waals surface area contributed by atoms with Gasteiger partial charge in [-0.15, -0.1) is 0 Å². The Morgan fingerprint density at radius 3 is 2.47 bits per heavy atom. The van der Waals surface area contributed by atoms with E-state index in [4.69, 9.17) is 10.8 Å². The highest BCUT2D eigenvalue weighted by Gasteiger charge is 2.47. The van der Waals surface area contributed by atoms with E-state index in [-0.39, 0.29) is 0 Å². The number of nitrogens with zero attached hydrogens (tertiary/aromatic N) is 1. The maximum atomic E-state index is 11.1. The summed E-state index contributed by atoms with van der Waals surface area (Å²) in [7, 11) is 0. The van der Waals surface area contributed by atoms with Gasteiger partial charge in [0.2, 0.25) is 0 Å². The quantitative estimate of drug-likeness (QED) is 0.763. The van der Waals surface area contributed by atoms with Crippen LogP contribution in [-0.2, 0) is 4.79 Å². The summed E-state index contributed by atoms with van der Waals surface area (Å²) >= 11 is 0. The van der Waals surface area contributed by atoms with E-state index in [9.17, 15) is 4.79 Å². The molecule has 0 aromatic rings. The minimum atomic E-state index is -1.02. The minimum absolute atomic E-state index is 0.382. The summed E-state index contributed by atoms with van der Waals surface area (Å²) in [6.07, 6.45) is 2.95. The fraction of sp³-hybridized carbons (Fsp3) is 0.923. The van der Waals surface area contributed by atoms with Crippen LogP contribution in [0.2, 0.25) is 0 Å². The van der Waals surface area contributed by atoms with Crippen LogP contribution in [0.1, 0.15) is 40.0 Å². The molecule has 0 aromatic heterocycles. The van der Waals surface area contributed by atoms with Crippen molar-refractivity contribution in [3.63, 3.8) is 0 Å². The molecular formula is C13H24N2O2. The van der Waals surface area contributed by atoms with Gasteiger partial charge in [0, 0.05) is 19.1 Å². The SMILES string of the molecule is CC1CC(C)(C)CC1N1CCC(N)(C(=O)O)C1. The topological polar surface area (TPSA) is 66.6 Å². The van der Waals surface area contributed by atoms with Gasteiger partial charge in [0.1, 0.15) is 5.54 Å². The van der Waals surface area contributed by atoms with Gasteiger partial charge in [0.05, 0.1) is 0 Å². The third-order valence-electron chi connectivity index (χ3n) is 4.52. The van der Waals surface area contributed by atoms with Gasteiger partial charge in [-0.2, -0.15) is 0 Å². The number of carboxylic acids is 1. The van der Waals surface area contributed by atoms with Crippen molar-refractivity contribution >= 4 is 5.97 Å². The molecule has 0 spiro atoms. The summed E-state index contributed by atoms with van der Waals surface area (Å²) in [4.78, 5) is 13.4. The van der Waals surface area contributed by atoms with Gasteiger partial charge in [-0.25, -0.2) is 0 Å². The van der Waals surface area contributed by atoms with Crippen molar-refractivity contribution < 1.29 is 9.90 Å². The molecule has 4 heteroatoms. The second-order valence-corrected chi connectivity index (χ2v) is 6.80. The summed E-state index contributed by atoms with van der Waals surface area (Å²) in [5, 5.41) is 9.15. The lowest BCUT2D eigenvalue weighted by Gasteiger charge is -2.29. The first kappa shape index (κ1) is 12.8. The molecule has 0 amide bonds. The van der Waals surface area contributed by atoms with Crippen LogP contribution in [0.5, 0.6) is 0 Å². The number of nitrogens with two attached hydrogens (primary N) is 1. The molecule has 3 N–H and O–H groups in total. The summed E-state index contributed by atoms with van der Waals surface area (Å²) < 4.78 is 0. The molecule has 1 saturated carbocycles. The largest absolute Gasteiger partial charge is 0.480 e. The highest BCUT2D eigenvalue weighted by Crippen LogP contribution is 2.44. The maximum Gasteiger partial charge on any atom is 0.325 e. The minimum Gasteiger partial charge on any atom is -0.480 e. The molecule has 3 atom stereocenters. The van der Waals surface area contributed by atoms with E-state index >= 15 is 0 Å². The number of aliphatic carboxylic acids is 1. The van der Waals surface area contributed by atoms with Crippen molar-refractivity contribution in [2.75, 3.05) is 13.1 Å². The monoisotopic (exact) mass is 240 g/mol. The highest BCUT2D eigenvalue weighted by atomic mass is 16.4. The molecule has 0 aromatic carbocycles. The first-order valence-electron chi connectivity index (χ1n) is 6.50. The zero-order chi connectivity index (χ0) is 12.8. The Hall–Kier alpha value is -0.610. The molecule has 1 saturated heterocycles. The lowest BCUT2D eigenvalue weighted by molar-refractivity contribution is -0.142. The van der Waals surface area contributed by atoms with Crippen LogP contribution in [0, 0.1) is 11.3 Å². The number of carboxylic acid groups (broad SMARTS) is 1. The average Bonchev–Trinajstić information content (AvgIpc) is 2.68. The van der Waals surface area contributed by atoms with Gasteiger partial charge < -0.3 is 10.8 Å². The van der Waals surface area contributed by atoms with Gasteiger partial charge >= 0.3 is 5.97 Å². The summed E-state index contributed by atoms with van der Waals surface area (Å²) in [6.45, 7) is 8.21. The van der Waals surface area contributed by atoms with Crippen LogP contribution < -0.4 is 5.73 Å². The van der Waals surface area contributed by atoms with Crippen LogP contribution in [-0.4, -0.2) is 40.6 Å². The number of likely N-dealkylation sites (tertiary alicyclic amines) is 1. The van der Waals surface area contributed by atoms with Crippen LogP contribution in [0.15, 0.2) is 0 Å². The molecule has 0 bridgehead atoms. The Bertz CT molecular complexity index is 329. The van der Waals surface area contributed by atoms with Gasteiger partial charge in [-0.3, -0.25) is 9.69 Å². The van der Waals surface area contributed by atoms with Crippen LogP contribution in [0.3, 0.4) is 0 Å². The van der Waals surface area contributed by atoms with Crippen molar-refractivity contribution in [1.82, 2.24) is 4.90 Å². The number of carbonyl (C=O) groups is 1. The number of rotatable bonds is 2. The van der Waals surface area contributed by atoms with Gasteiger partial charge in [-0.1, -0.05) is 20.8 Å². The van der Waals surface area contributed by atoms with Crippen molar-refractivity contribution in [2.45, 2.75) is 51.6 Å². The molecule has 2 rings (SSSR count). The summed E-state index contributed by atoms with van der Waals surface area (Å²) in [5.41, 5.74) is 5.29. The van der Waals surface area contributed by atoms with Crippen molar-refractivity contribution in [1.29, 1.82) is 0 Å². The van der Waals surface area contributed by atoms with E-state index < -0.39 is 11.5 Å². The lowest BCUT2D eigenvalue weighted by atomic mass is 9.91. The molecule has 98 valence electrons. The fourth-order valence-corrected chi connectivity index (χ4v) is 3.67. The summed E-state index contributed by atoms with van der Waals surface area (Å²) in [6, 6.07) is 0.509. The molecule has 4 nitrogen and oxygen atoms in total. The zero-order valence-electron chi connectivity index (χ0n) is 11.1. The average molecular weight is 240 g/mol. The molecule has 2 fully saturated rings. The molecular weight excluding hydrogens is 216 g/mol. The molecule has 0 radical (unpaired) electrons. The Labute approximate surface area is 103 Å². The highest BCUT2D eigenvalue weighted by molar-refractivity contribution is 5.79. The van der Waals surface area contributed by atoms with Crippen LogP contribution >= 0.6 is 0 Å². The normalized spacial score (nSPS) is 41.9. The predicted molar refractivity (Wildman–Crippen MR) is 66.7 cm³/mol. The first-order valence-corrected chi connectivity index (χ1v) is 6.50. The Balaban J connectivity index is 2.05. The Kier molecular flexibility index (Phi) is 2.99. The van der Waals surface area contributed by atoms with E-state index in [0.717, 1.165) is 13.0 Å². The van der Waals surface area contributed by atoms with Gasteiger partial charge in [0.25, 0.3) is 0 Å². The second kappa shape index (κ2) is 3.95. The maximum absolute atomic E-state index is 11.1. The van der Waals surface area contributed by atoms with E-state index in [1.807, 2.05) is 0 Å². The van der Waals surface area contributed by atoms with Gasteiger partial charge in [-0.05, 0) is 30.6 Å². The standard InChI is InChI=1S/C13H24N2O2/c1-9-6-12(2,3)7-10(9)15-5-4-13(14,8-15)11(16)17/h9-10H,4-8,14H2,1-3H3,(H,16,17). The smallest absolute Gasteiger partial charge is 0.325 e. The first-order chi connectivity index (χ1) is 7.73. The Morgan fingerprint density at radius 2 is 2.06 bits per heavy atom. The van der Waals surface area contributed by atoms with Crippen molar-refractivity contribution in [2.24, 2.45) is 17.1 Å². The van der Waals surface area contributed by atoms with Crippen molar-refractivity contribution in [3.05, 3.63) is 0 Å². The molecule has 2 aliphatic rings. The molecule has 1 heterocycles.